The predicted molar refractivity (Wildman–Crippen MR) is 116 cm³/mol. The number of hydrogen-bond donors (Lipinski definition) is 1. The van der Waals surface area contributed by atoms with Crippen molar-refractivity contribution in [3.05, 3.63) is 59.0 Å². The summed E-state index contributed by atoms with van der Waals surface area (Å²) in [4.78, 5) is 25.3. The molecule has 1 aliphatic rings. The molecule has 1 N–H and O–H groups in total. The van der Waals surface area contributed by atoms with Gasteiger partial charge in [-0.05, 0) is 42.8 Å². The van der Waals surface area contributed by atoms with E-state index in [0.29, 0.717) is 27.1 Å². The molecule has 0 saturated carbocycles. The molecule has 0 aromatic heterocycles. The number of carboxylic acid groups (broad SMARTS) is 1. The Bertz CT molecular complexity index is 956. The highest BCUT2D eigenvalue weighted by molar-refractivity contribution is 8.26. The zero-order valence-electron chi connectivity index (χ0n) is 15.7. The van der Waals surface area contributed by atoms with Crippen molar-refractivity contribution >= 4 is 46.3 Å². The number of benzene rings is 2. The summed E-state index contributed by atoms with van der Waals surface area (Å²) < 4.78 is 11.5. The van der Waals surface area contributed by atoms with Crippen LogP contribution in [-0.4, -0.2) is 39.9 Å². The number of amides is 1. The van der Waals surface area contributed by atoms with Gasteiger partial charge in [0.2, 0.25) is 0 Å². The first-order valence-corrected chi connectivity index (χ1v) is 10.1. The number of hydrogen-bond acceptors (Lipinski definition) is 6. The van der Waals surface area contributed by atoms with Crippen LogP contribution in [0.3, 0.4) is 0 Å². The lowest BCUT2D eigenvalue weighted by molar-refractivity contribution is -0.137. The highest BCUT2D eigenvalue weighted by atomic mass is 32.2. The van der Waals surface area contributed by atoms with Gasteiger partial charge in [-0.2, -0.15) is 0 Å². The van der Waals surface area contributed by atoms with Gasteiger partial charge in [-0.25, -0.2) is 0 Å². The average Bonchev–Trinajstić information content (AvgIpc) is 2.97. The van der Waals surface area contributed by atoms with Crippen LogP contribution in [0.5, 0.6) is 17.2 Å². The van der Waals surface area contributed by atoms with E-state index in [4.69, 9.17) is 26.8 Å². The predicted octanol–water partition coefficient (Wildman–Crippen LogP) is 4.55. The normalized spacial score (nSPS) is 15.1. The first kappa shape index (κ1) is 20.9. The quantitative estimate of drug-likeness (QED) is 0.487. The molecule has 150 valence electrons. The lowest BCUT2D eigenvalue weighted by Gasteiger charge is -2.13. The van der Waals surface area contributed by atoms with Gasteiger partial charge in [-0.1, -0.05) is 42.2 Å². The third-order valence-corrected chi connectivity index (χ3v) is 5.52. The van der Waals surface area contributed by atoms with Crippen LogP contribution < -0.4 is 9.47 Å². The van der Waals surface area contributed by atoms with Gasteiger partial charge in [-0.3, -0.25) is 14.5 Å². The largest absolute Gasteiger partial charge is 0.497 e. The number of thioether (sulfide) groups is 1. The third kappa shape index (κ3) is 5.36. The van der Waals surface area contributed by atoms with Crippen LogP contribution in [0.25, 0.3) is 6.08 Å². The standard InChI is InChI=1S/C21H19NO5S2/c1-26-15-8-10-16(11-9-15)27-17-6-3-2-5-14(17)13-18-20(25)22(21(28)29-18)12-4-7-19(23)24/h2-3,5-6,8-11,13H,4,7,12H2,1H3,(H,23,24)/b18-13-. The summed E-state index contributed by atoms with van der Waals surface area (Å²) in [5.74, 6) is 0.874. The molecule has 2 aromatic carbocycles. The number of nitrogens with zero attached hydrogens (tertiary/aromatic N) is 1. The van der Waals surface area contributed by atoms with Crippen molar-refractivity contribution in [3.63, 3.8) is 0 Å². The Balaban J connectivity index is 1.77. The number of thiocarbonyl (C=S) groups is 1. The molecule has 1 heterocycles. The molecule has 8 heteroatoms. The maximum atomic E-state index is 12.7. The number of para-hydroxylation sites is 1. The van der Waals surface area contributed by atoms with Gasteiger partial charge in [0.05, 0.1) is 12.0 Å². The molecule has 29 heavy (non-hydrogen) atoms. The molecule has 6 nitrogen and oxygen atoms in total. The number of carbonyl (C=O) groups is 2. The first-order valence-electron chi connectivity index (χ1n) is 8.86. The summed E-state index contributed by atoms with van der Waals surface area (Å²) in [7, 11) is 1.60. The summed E-state index contributed by atoms with van der Waals surface area (Å²) in [6, 6.07) is 14.6. The van der Waals surface area contributed by atoms with Crippen molar-refractivity contribution in [3.8, 4) is 17.2 Å². The molecule has 2 aromatic rings. The topological polar surface area (TPSA) is 76.1 Å². The van der Waals surface area contributed by atoms with Crippen LogP contribution in [-0.2, 0) is 9.59 Å². The molecule has 1 aliphatic heterocycles. The summed E-state index contributed by atoms with van der Waals surface area (Å²) >= 11 is 6.49. The highest BCUT2D eigenvalue weighted by Gasteiger charge is 2.31. The lowest BCUT2D eigenvalue weighted by Crippen LogP contribution is -2.29. The Kier molecular flexibility index (Phi) is 6.90. The molecule has 3 rings (SSSR count). The van der Waals surface area contributed by atoms with Gasteiger partial charge in [0, 0.05) is 18.5 Å². The summed E-state index contributed by atoms with van der Waals surface area (Å²) in [6.45, 7) is 0.290. The van der Waals surface area contributed by atoms with Crippen LogP contribution in [0.15, 0.2) is 53.4 Å². The van der Waals surface area contributed by atoms with Gasteiger partial charge < -0.3 is 14.6 Å². The molecule has 0 bridgehead atoms. The Morgan fingerprint density at radius 1 is 1.17 bits per heavy atom. The average molecular weight is 430 g/mol. The van der Waals surface area contributed by atoms with E-state index in [1.54, 1.807) is 37.5 Å². The minimum absolute atomic E-state index is 0.00532. The number of methoxy groups -OCH3 is 1. The first-order chi connectivity index (χ1) is 14.0. The zero-order valence-corrected chi connectivity index (χ0v) is 17.3. The van der Waals surface area contributed by atoms with Crippen LogP contribution in [0.2, 0.25) is 0 Å². The second-order valence-electron chi connectivity index (χ2n) is 6.15. The van der Waals surface area contributed by atoms with Gasteiger partial charge >= 0.3 is 5.97 Å². The monoisotopic (exact) mass is 429 g/mol. The fraction of sp³-hybridized carbons (Fsp3) is 0.190. The molecule has 0 spiro atoms. The number of ether oxygens (including phenoxy) is 2. The fourth-order valence-corrected chi connectivity index (χ4v) is 3.99. The summed E-state index contributed by atoms with van der Waals surface area (Å²) in [6.07, 6.45) is 2.09. The van der Waals surface area contributed by atoms with Crippen LogP contribution in [0, 0.1) is 0 Å². The van der Waals surface area contributed by atoms with E-state index < -0.39 is 5.97 Å². The van der Waals surface area contributed by atoms with E-state index in [1.807, 2.05) is 24.3 Å². The Morgan fingerprint density at radius 2 is 1.86 bits per heavy atom. The third-order valence-electron chi connectivity index (χ3n) is 4.14. The summed E-state index contributed by atoms with van der Waals surface area (Å²) in [5.41, 5.74) is 0.745. The molecule has 1 amide bonds. The SMILES string of the molecule is COc1ccc(Oc2ccccc2/C=C2\SC(=S)N(CCCC(=O)O)C2=O)cc1. The van der Waals surface area contributed by atoms with E-state index >= 15 is 0 Å². The molecule has 0 radical (unpaired) electrons. The van der Waals surface area contributed by atoms with E-state index in [0.717, 1.165) is 11.3 Å². The minimum Gasteiger partial charge on any atom is -0.497 e. The van der Waals surface area contributed by atoms with Crippen molar-refractivity contribution in [2.45, 2.75) is 12.8 Å². The Morgan fingerprint density at radius 3 is 2.55 bits per heavy atom. The molecule has 0 aliphatic carbocycles. The van der Waals surface area contributed by atoms with Crippen LogP contribution in [0.4, 0.5) is 0 Å². The van der Waals surface area contributed by atoms with Crippen molar-refractivity contribution in [2.24, 2.45) is 0 Å². The van der Waals surface area contributed by atoms with E-state index in [-0.39, 0.29) is 18.9 Å². The van der Waals surface area contributed by atoms with Gasteiger partial charge in [-0.15, -0.1) is 0 Å². The Hall–Kier alpha value is -2.84. The fourth-order valence-electron chi connectivity index (χ4n) is 2.69. The van der Waals surface area contributed by atoms with Gasteiger partial charge in [0.25, 0.3) is 5.91 Å². The van der Waals surface area contributed by atoms with Crippen LogP contribution in [0.1, 0.15) is 18.4 Å². The molecule has 0 unspecified atom stereocenters. The maximum absolute atomic E-state index is 12.7. The lowest BCUT2D eigenvalue weighted by atomic mass is 10.2. The van der Waals surface area contributed by atoms with Gasteiger partial charge in [0.15, 0.2) is 0 Å². The maximum Gasteiger partial charge on any atom is 0.303 e. The van der Waals surface area contributed by atoms with E-state index in [9.17, 15) is 9.59 Å². The highest BCUT2D eigenvalue weighted by Crippen LogP contribution is 2.35. The Labute approximate surface area is 178 Å². The molecule has 0 atom stereocenters. The number of rotatable bonds is 8. The van der Waals surface area contributed by atoms with E-state index in [2.05, 4.69) is 0 Å². The van der Waals surface area contributed by atoms with Crippen molar-refractivity contribution in [1.29, 1.82) is 0 Å². The van der Waals surface area contributed by atoms with Crippen molar-refractivity contribution in [2.75, 3.05) is 13.7 Å². The summed E-state index contributed by atoms with van der Waals surface area (Å²) in [5, 5.41) is 8.77. The second-order valence-corrected chi connectivity index (χ2v) is 7.82. The number of carboxylic acids is 1. The van der Waals surface area contributed by atoms with Crippen molar-refractivity contribution in [1.82, 2.24) is 4.90 Å². The van der Waals surface area contributed by atoms with Crippen LogP contribution >= 0.6 is 24.0 Å². The van der Waals surface area contributed by atoms with Gasteiger partial charge in [0.1, 0.15) is 21.6 Å². The van der Waals surface area contributed by atoms with Crippen molar-refractivity contribution < 1.29 is 24.2 Å². The number of carbonyl (C=O) groups excluding carboxylic acids is 1. The zero-order chi connectivity index (χ0) is 20.8. The molecular formula is C21H19NO5S2. The number of aliphatic carboxylic acids is 1. The minimum atomic E-state index is -0.893. The molecular weight excluding hydrogens is 410 g/mol. The van der Waals surface area contributed by atoms with E-state index in [1.165, 1.54) is 16.7 Å². The smallest absolute Gasteiger partial charge is 0.303 e. The molecule has 1 fully saturated rings. The second kappa shape index (κ2) is 9.58. The molecule has 1 saturated heterocycles.